The summed E-state index contributed by atoms with van der Waals surface area (Å²) in [6.45, 7) is 7.61. The normalized spacial score (nSPS) is 20.0. The molecule has 3 heteroatoms. The highest BCUT2D eigenvalue weighted by molar-refractivity contribution is 4.85. The maximum Gasteiger partial charge on any atom is 0.0807 e. The summed E-state index contributed by atoms with van der Waals surface area (Å²) >= 11 is 0. The standard InChI is InChI=1S/C15H31NO2/c1-14(2)12-17-10-11-18-15(13-16-3)8-6-4-5-7-9-15/h14,16H,4-13H2,1-3H3. The van der Waals surface area contributed by atoms with Crippen LogP contribution in [0.25, 0.3) is 0 Å². The van der Waals surface area contributed by atoms with E-state index in [1.165, 1.54) is 38.5 Å². The second-order valence-electron chi connectivity index (χ2n) is 5.94. The molecule has 3 nitrogen and oxygen atoms in total. The molecule has 0 radical (unpaired) electrons. The lowest BCUT2D eigenvalue weighted by Crippen LogP contribution is -2.42. The molecule has 1 saturated carbocycles. The molecule has 1 fully saturated rings. The number of hydrogen-bond donors (Lipinski definition) is 1. The second-order valence-corrected chi connectivity index (χ2v) is 5.94. The molecular weight excluding hydrogens is 226 g/mol. The third kappa shape index (κ3) is 6.17. The molecule has 0 spiro atoms. The van der Waals surface area contributed by atoms with Crippen molar-refractivity contribution in [2.24, 2.45) is 5.92 Å². The van der Waals surface area contributed by atoms with Gasteiger partial charge in [0, 0.05) is 13.2 Å². The molecule has 0 amide bonds. The Morgan fingerprint density at radius 3 is 2.28 bits per heavy atom. The van der Waals surface area contributed by atoms with Gasteiger partial charge in [-0.25, -0.2) is 0 Å². The van der Waals surface area contributed by atoms with E-state index in [9.17, 15) is 0 Å². The van der Waals surface area contributed by atoms with Gasteiger partial charge in [0.05, 0.1) is 18.8 Å². The van der Waals surface area contributed by atoms with Crippen LogP contribution in [0.5, 0.6) is 0 Å². The summed E-state index contributed by atoms with van der Waals surface area (Å²) in [6, 6.07) is 0. The molecule has 1 aliphatic carbocycles. The molecule has 0 aromatic rings. The minimum atomic E-state index is 0.0619. The number of likely N-dealkylation sites (N-methyl/N-ethyl adjacent to an activating group) is 1. The molecule has 0 heterocycles. The number of rotatable bonds is 8. The monoisotopic (exact) mass is 257 g/mol. The maximum absolute atomic E-state index is 6.19. The first-order valence-corrected chi connectivity index (χ1v) is 7.55. The zero-order chi connectivity index (χ0) is 13.3. The van der Waals surface area contributed by atoms with Gasteiger partial charge in [-0.15, -0.1) is 0 Å². The minimum absolute atomic E-state index is 0.0619. The fourth-order valence-corrected chi connectivity index (χ4v) is 2.70. The summed E-state index contributed by atoms with van der Waals surface area (Å²) in [5.74, 6) is 0.606. The molecule has 18 heavy (non-hydrogen) atoms. The Kier molecular flexibility index (Phi) is 7.87. The van der Waals surface area contributed by atoms with Crippen LogP contribution >= 0.6 is 0 Å². The van der Waals surface area contributed by atoms with Gasteiger partial charge in [0.2, 0.25) is 0 Å². The van der Waals surface area contributed by atoms with Gasteiger partial charge in [0.25, 0.3) is 0 Å². The Balaban J connectivity index is 2.27. The van der Waals surface area contributed by atoms with E-state index in [1.54, 1.807) is 0 Å². The van der Waals surface area contributed by atoms with Crippen molar-refractivity contribution in [3.8, 4) is 0 Å². The molecule has 0 bridgehead atoms. The van der Waals surface area contributed by atoms with Crippen LogP contribution < -0.4 is 5.32 Å². The molecular formula is C15H31NO2. The molecule has 1 rings (SSSR count). The van der Waals surface area contributed by atoms with E-state index in [-0.39, 0.29) is 5.60 Å². The molecule has 0 aromatic carbocycles. The molecule has 0 unspecified atom stereocenters. The summed E-state index contributed by atoms with van der Waals surface area (Å²) < 4.78 is 11.8. The Hall–Kier alpha value is -0.120. The van der Waals surface area contributed by atoms with E-state index in [1.807, 2.05) is 7.05 Å². The Morgan fingerprint density at radius 1 is 1.06 bits per heavy atom. The molecule has 0 aliphatic heterocycles. The van der Waals surface area contributed by atoms with Crippen LogP contribution in [0.2, 0.25) is 0 Å². The topological polar surface area (TPSA) is 30.5 Å². The van der Waals surface area contributed by atoms with Crippen LogP contribution in [-0.4, -0.2) is 39.0 Å². The van der Waals surface area contributed by atoms with E-state index >= 15 is 0 Å². The maximum atomic E-state index is 6.19. The lowest BCUT2D eigenvalue weighted by Gasteiger charge is -2.33. The fraction of sp³-hybridized carbons (Fsp3) is 1.00. The van der Waals surface area contributed by atoms with E-state index in [2.05, 4.69) is 19.2 Å². The van der Waals surface area contributed by atoms with Crippen molar-refractivity contribution in [1.29, 1.82) is 0 Å². The van der Waals surface area contributed by atoms with E-state index in [0.717, 1.165) is 26.4 Å². The van der Waals surface area contributed by atoms with Gasteiger partial charge >= 0.3 is 0 Å². The van der Waals surface area contributed by atoms with Crippen molar-refractivity contribution in [3.05, 3.63) is 0 Å². The predicted octanol–water partition coefficient (Wildman–Crippen LogP) is 2.99. The zero-order valence-corrected chi connectivity index (χ0v) is 12.5. The number of ether oxygens (including phenoxy) is 2. The van der Waals surface area contributed by atoms with Gasteiger partial charge in [0.15, 0.2) is 0 Å². The first-order chi connectivity index (χ1) is 8.68. The number of hydrogen-bond acceptors (Lipinski definition) is 3. The van der Waals surface area contributed by atoms with Crippen molar-refractivity contribution in [2.45, 2.75) is 58.0 Å². The van der Waals surface area contributed by atoms with Crippen molar-refractivity contribution in [1.82, 2.24) is 5.32 Å². The van der Waals surface area contributed by atoms with Crippen molar-refractivity contribution < 1.29 is 9.47 Å². The van der Waals surface area contributed by atoms with Gasteiger partial charge in [-0.3, -0.25) is 0 Å². The second kappa shape index (κ2) is 8.89. The van der Waals surface area contributed by atoms with Gasteiger partial charge in [-0.05, 0) is 25.8 Å². The highest BCUT2D eigenvalue weighted by Gasteiger charge is 2.30. The smallest absolute Gasteiger partial charge is 0.0807 e. The van der Waals surface area contributed by atoms with E-state index in [4.69, 9.17) is 9.47 Å². The fourth-order valence-electron chi connectivity index (χ4n) is 2.70. The molecule has 0 aromatic heterocycles. The first-order valence-electron chi connectivity index (χ1n) is 7.55. The summed E-state index contributed by atoms with van der Waals surface area (Å²) in [5, 5.41) is 3.30. The van der Waals surface area contributed by atoms with Crippen molar-refractivity contribution >= 4 is 0 Å². The highest BCUT2D eigenvalue weighted by Crippen LogP contribution is 2.29. The largest absolute Gasteiger partial charge is 0.379 e. The predicted molar refractivity (Wildman–Crippen MR) is 76.0 cm³/mol. The third-order valence-electron chi connectivity index (χ3n) is 3.60. The van der Waals surface area contributed by atoms with Crippen LogP contribution in [0.3, 0.4) is 0 Å². The lowest BCUT2D eigenvalue weighted by molar-refractivity contribution is -0.0760. The van der Waals surface area contributed by atoms with Gasteiger partial charge in [-0.1, -0.05) is 39.5 Å². The van der Waals surface area contributed by atoms with Gasteiger partial charge in [0.1, 0.15) is 0 Å². The third-order valence-corrected chi connectivity index (χ3v) is 3.60. The molecule has 1 aliphatic rings. The average molecular weight is 257 g/mol. The first kappa shape index (κ1) is 15.9. The lowest BCUT2D eigenvalue weighted by atomic mass is 9.94. The summed E-state index contributed by atoms with van der Waals surface area (Å²) in [6.07, 6.45) is 7.70. The molecule has 0 atom stereocenters. The quantitative estimate of drug-likeness (QED) is 0.535. The highest BCUT2D eigenvalue weighted by atomic mass is 16.5. The van der Waals surface area contributed by atoms with Crippen LogP contribution in [0, 0.1) is 5.92 Å². The minimum Gasteiger partial charge on any atom is -0.379 e. The Bertz CT molecular complexity index is 199. The summed E-state index contributed by atoms with van der Waals surface area (Å²) in [7, 11) is 2.02. The van der Waals surface area contributed by atoms with Gasteiger partial charge in [-0.2, -0.15) is 0 Å². The van der Waals surface area contributed by atoms with Crippen LogP contribution in [0.15, 0.2) is 0 Å². The summed E-state index contributed by atoms with van der Waals surface area (Å²) in [5.41, 5.74) is 0.0619. The zero-order valence-electron chi connectivity index (χ0n) is 12.5. The Morgan fingerprint density at radius 2 is 1.72 bits per heavy atom. The average Bonchev–Trinajstić information content (AvgIpc) is 2.55. The molecule has 1 N–H and O–H groups in total. The molecule has 108 valence electrons. The molecule has 0 saturated heterocycles. The summed E-state index contributed by atoms with van der Waals surface area (Å²) in [4.78, 5) is 0. The van der Waals surface area contributed by atoms with Crippen LogP contribution in [0.1, 0.15) is 52.4 Å². The Labute approximate surface area is 113 Å². The SMILES string of the molecule is CNCC1(OCCOCC(C)C)CCCCCC1. The van der Waals surface area contributed by atoms with Crippen LogP contribution in [0.4, 0.5) is 0 Å². The van der Waals surface area contributed by atoms with Crippen molar-refractivity contribution in [3.63, 3.8) is 0 Å². The van der Waals surface area contributed by atoms with Crippen LogP contribution in [-0.2, 0) is 9.47 Å². The van der Waals surface area contributed by atoms with E-state index in [0.29, 0.717) is 5.92 Å². The number of nitrogens with one attached hydrogen (secondary N) is 1. The van der Waals surface area contributed by atoms with Crippen molar-refractivity contribution in [2.75, 3.05) is 33.4 Å². The van der Waals surface area contributed by atoms with E-state index < -0.39 is 0 Å². The van der Waals surface area contributed by atoms with Gasteiger partial charge < -0.3 is 14.8 Å².